The molecule has 1 fully saturated rings. The van der Waals surface area contributed by atoms with E-state index in [1.807, 2.05) is 12.1 Å². The van der Waals surface area contributed by atoms with E-state index in [0.29, 0.717) is 12.4 Å². The van der Waals surface area contributed by atoms with Crippen molar-refractivity contribution in [1.82, 2.24) is 9.97 Å². The van der Waals surface area contributed by atoms with Crippen LogP contribution in [0.15, 0.2) is 36.7 Å². The van der Waals surface area contributed by atoms with Gasteiger partial charge in [0.1, 0.15) is 17.8 Å². The van der Waals surface area contributed by atoms with Crippen LogP contribution in [0, 0.1) is 16.0 Å². The third kappa shape index (κ3) is 4.05. The summed E-state index contributed by atoms with van der Waals surface area (Å²) in [5.74, 6) is 1.11. The zero-order valence-corrected chi connectivity index (χ0v) is 14.2. The van der Waals surface area contributed by atoms with E-state index in [4.69, 9.17) is 5.73 Å². The highest BCUT2D eigenvalue weighted by Crippen LogP contribution is 2.25. The van der Waals surface area contributed by atoms with E-state index in [1.165, 1.54) is 12.3 Å². The number of carbonyl (C=O) groups excluding carboxylic acids is 1. The molecule has 1 aliphatic rings. The molecule has 0 spiro atoms. The molecule has 9 heteroatoms. The van der Waals surface area contributed by atoms with Crippen molar-refractivity contribution in [3.63, 3.8) is 0 Å². The van der Waals surface area contributed by atoms with Crippen LogP contribution in [0.5, 0.6) is 0 Å². The number of aromatic nitrogens is 2. The van der Waals surface area contributed by atoms with Gasteiger partial charge in [-0.15, -0.1) is 0 Å². The Morgan fingerprint density at radius 3 is 2.69 bits per heavy atom. The average molecular weight is 356 g/mol. The number of primary amides is 1. The molecule has 3 rings (SSSR count). The minimum Gasteiger partial charge on any atom is -0.369 e. The highest BCUT2D eigenvalue weighted by Gasteiger charge is 2.24. The quantitative estimate of drug-likeness (QED) is 0.595. The van der Waals surface area contributed by atoms with Gasteiger partial charge in [-0.1, -0.05) is 6.07 Å². The van der Waals surface area contributed by atoms with Gasteiger partial charge in [0.25, 0.3) is 5.69 Å². The topological polar surface area (TPSA) is 127 Å². The standard InChI is InChI=1S/C17H20N6O3/c18-16(24)12-5-8-22(9-6-12)17-13(2-1-7-19-17)10-20-15-4-3-14(11-21-15)23(25)26/h1-4,7,11-12H,5-6,8-10H2,(H2,18,24)(H,20,21). The van der Waals surface area contributed by atoms with Crippen molar-refractivity contribution in [2.75, 3.05) is 23.3 Å². The summed E-state index contributed by atoms with van der Waals surface area (Å²) in [6.07, 6.45) is 4.41. The Kier molecular flexibility index (Phi) is 5.26. The van der Waals surface area contributed by atoms with E-state index < -0.39 is 4.92 Å². The van der Waals surface area contributed by atoms with Gasteiger partial charge in [-0.05, 0) is 25.0 Å². The van der Waals surface area contributed by atoms with E-state index in [2.05, 4.69) is 20.2 Å². The summed E-state index contributed by atoms with van der Waals surface area (Å²) in [4.78, 5) is 32.2. The predicted octanol–water partition coefficient (Wildman–Crippen LogP) is 1.70. The van der Waals surface area contributed by atoms with Gasteiger partial charge >= 0.3 is 0 Å². The molecule has 136 valence electrons. The van der Waals surface area contributed by atoms with Crippen LogP contribution in [0.2, 0.25) is 0 Å². The minimum absolute atomic E-state index is 0.0464. The van der Waals surface area contributed by atoms with Crippen molar-refractivity contribution in [3.05, 3.63) is 52.3 Å². The van der Waals surface area contributed by atoms with Crippen LogP contribution in [0.25, 0.3) is 0 Å². The fourth-order valence-electron chi connectivity index (χ4n) is 3.01. The van der Waals surface area contributed by atoms with Crippen LogP contribution in [-0.4, -0.2) is 33.9 Å². The van der Waals surface area contributed by atoms with Gasteiger partial charge in [0.15, 0.2) is 0 Å². The fourth-order valence-corrected chi connectivity index (χ4v) is 3.01. The van der Waals surface area contributed by atoms with Crippen LogP contribution in [-0.2, 0) is 11.3 Å². The Hall–Kier alpha value is -3.23. The molecular formula is C17H20N6O3. The third-order valence-electron chi connectivity index (χ3n) is 4.48. The Balaban J connectivity index is 1.66. The second-order valence-corrected chi connectivity index (χ2v) is 6.16. The number of rotatable bonds is 6. The summed E-state index contributed by atoms with van der Waals surface area (Å²) >= 11 is 0. The zero-order chi connectivity index (χ0) is 18.5. The Bertz CT molecular complexity index is 787. The second kappa shape index (κ2) is 7.77. The third-order valence-corrected chi connectivity index (χ3v) is 4.48. The van der Waals surface area contributed by atoms with Gasteiger partial charge < -0.3 is 16.0 Å². The maximum absolute atomic E-state index is 11.3. The number of anilines is 2. The molecule has 1 saturated heterocycles. The number of nitrogens with two attached hydrogens (primary N) is 1. The Labute approximate surface area is 150 Å². The highest BCUT2D eigenvalue weighted by atomic mass is 16.6. The number of nitro groups is 1. The van der Waals surface area contributed by atoms with Crippen molar-refractivity contribution >= 4 is 23.2 Å². The van der Waals surface area contributed by atoms with Gasteiger partial charge in [-0.3, -0.25) is 14.9 Å². The van der Waals surface area contributed by atoms with Crippen LogP contribution in [0.4, 0.5) is 17.3 Å². The van der Waals surface area contributed by atoms with Gasteiger partial charge in [-0.25, -0.2) is 9.97 Å². The van der Waals surface area contributed by atoms with E-state index >= 15 is 0 Å². The molecule has 1 amide bonds. The Morgan fingerprint density at radius 1 is 1.31 bits per heavy atom. The van der Waals surface area contributed by atoms with Crippen molar-refractivity contribution in [2.24, 2.45) is 11.7 Å². The minimum atomic E-state index is -0.480. The molecule has 0 saturated carbocycles. The molecule has 2 aromatic heterocycles. The zero-order valence-electron chi connectivity index (χ0n) is 14.2. The molecule has 9 nitrogen and oxygen atoms in total. The van der Waals surface area contributed by atoms with E-state index in [-0.39, 0.29) is 17.5 Å². The summed E-state index contributed by atoms with van der Waals surface area (Å²) in [7, 11) is 0. The second-order valence-electron chi connectivity index (χ2n) is 6.16. The maximum atomic E-state index is 11.3. The van der Waals surface area contributed by atoms with Crippen LogP contribution in [0.1, 0.15) is 18.4 Å². The van der Waals surface area contributed by atoms with Crippen molar-refractivity contribution < 1.29 is 9.72 Å². The lowest BCUT2D eigenvalue weighted by molar-refractivity contribution is -0.385. The Morgan fingerprint density at radius 2 is 2.08 bits per heavy atom. The van der Waals surface area contributed by atoms with Crippen molar-refractivity contribution in [1.29, 1.82) is 0 Å². The van der Waals surface area contributed by atoms with Gasteiger partial charge in [0.05, 0.1) is 4.92 Å². The van der Waals surface area contributed by atoms with Crippen LogP contribution in [0.3, 0.4) is 0 Å². The van der Waals surface area contributed by atoms with Crippen LogP contribution < -0.4 is 16.0 Å². The molecule has 2 aromatic rings. The van der Waals surface area contributed by atoms with Crippen LogP contribution >= 0.6 is 0 Å². The summed E-state index contributed by atoms with van der Waals surface area (Å²) < 4.78 is 0. The summed E-state index contributed by atoms with van der Waals surface area (Å²) in [5, 5.41) is 13.8. The molecule has 0 aromatic carbocycles. The lowest BCUT2D eigenvalue weighted by Gasteiger charge is -2.32. The SMILES string of the molecule is NC(=O)C1CCN(c2ncccc2CNc2ccc([N+](=O)[O-])cn2)CC1. The summed E-state index contributed by atoms with van der Waals surface area (Å²) in [5.41, 5.74) is 6.33. The van der Waals surface area contributed by atoms with Gasteiger partial charge in [0, 0.05) is 43.4 Å². The molecular weight excluding hydrogens is 336 g/mol. The number of amides is 1. The van der Waals surface area contributed by atoms with E-state index in [9.17, 15) is 14.9 Å². The van der Waals surface area contributed by atoms with Gasteiger partial charge in [-0.2, -0.15) is 0 Å². The summed E-state index contributed by atoms with van der Waals surface area (Å²) in [6, 6.07) is 6.82. The monoisotopic (exact) mass is 356 g/mol. The number of hydrogen-bond acceptors (Lipinski definition) is 7. The largest absolute Gasteiger partial charge is 0.369 e. The number of nitrogens with one attached hydrogen (secondary N) is 1. The number of hydrogen-bond donors (Lipinski definition) is 2. The lowest BCUT2D eigenvalue weighted by Crippen LogP contribution is -2.39. The van der Waals surface area contributed by atoms with Crippen molar-refractivity contribution in [2.45, 2.75) is 19.4 Å². The number of piperidine rings is 1. The normalized spacial score (nSPS) is 14.8. The molecule has 3 heterocycles. The number of carbonyl (C=O) groups is 1. The van der Waals surface area contributed by atoms with E-state index in [0.717, 1.165) is 37.3 Å². The first-order valence-electron chi connectivity index (χ1n) is 8.37. The molecule has 0 aliphatic carbocycles. The first-order valence-corrected chi connectivity index (χ1v) is 8.37. The smallest absolute Gasteiger partial charge is 0.287 e. The first-order chi connectivity index (χ1) is 12.5. The lowest BCUT2D eigenvalue weighted by atomic mass is 9.96. The number of nitrogens with zero attached hydrogens (tertiary/aromatic N) is 4. The van der Waals surface area contributed by atoms with Crippen molar-refractivity contribution in [3.8, 4) is 0 Å². The van der Waals surface area contributed by atoms with E-state index in [1.54, 1.807) is 12.3 Å². The molecule has 1 aliphatic heterocycles. The molecule has 3 N–H and O–H groups in total. The molecule has 0 unspecified atom stereocenters. The molecule has 26 heavy (non-hydrogen) atoms. The maximum Gasteiger partial charge on any atom is 0.287 e. The molecule has 0 radical (unpaired) electrons. The van der Waals surface area contributed by atoms with Gasteiger partial charge in [0.2, 0.25) is 5.91 Å². The highest BCUT2D eigenvalue weighted by molar-refractivity contribution is 5.77. The fraction of sp³-hybridized carbons (Fsp3) is 0.353. The number of pyridine rings is 2. The first kappa shape index (κ1) is 17.6. The molecule has 0 bridgehead atoms. The predicted molar refractivity (Wildman–Crippen MR) is 96.6 cm³/mol. The average Bonchev–Trinajstić information content (AvgIpc) is 2.67. The molecule has 0 atom stereocenters. The summed E-state index contributed by atoms with van der Waals surface area (Å²) in [6.45, 7) is 1.95.